The Hall–Kier alpha value is -1.73. The molecule has 0 radical (unpaired) electrons. The SMILES string of the molecule is O=S(=O)(Cc1ccc(F)cc1)NCCCCc1cnc[nH]1. The van der Waals surface area contributed by atoms with E-state index in [0.29, 0.717) is 12.1 Å². The third-order valence-electron chi connectivity index (χ3n) is 3.02. The molecule has 0 aliphatic heterocycles. The topological polar surface area (TPSA) is 74.8 Å². The lowest BCUT2D eigenvalue weighted by molar-refractivity contribution is 0.575. The summed E-state index contributed by atoms with van der Waals surface area (Å²) in [7, 11) is -3.37. The zero-order valence-corrected chi connectivity index (χ0v) is 12.4. The van der Waals surface area contributed by atoms with E-state index in [-0.39, 0.29) is 11.6 Å². The minimum atomic E-state index is -3.37. The predicted molar refractivity (Wildman–Crippen MR) is 78.6 cm³/mol. The van der Waals surface area contributed by atoms with Gasteiger partial charge < -0.3 is 4.98 Å². The summed E-state index contributed by atoms with van der Waals surface area (Å²) in [6.45, 7) is 0.400. The van der Waals surface area contributed by atoms with Crippen LogP contribution >= 0.6 is 0 Å². The summed E-state index contributed by atoms with van der Waals surface area (Å²) in [4.78, 5) is 6.92. The fraction of sp³-hybridized carbons (Fsp3) is 0.357. The molecule has 0 aliphatic carbocycles. The molecule has 7 heteroatoms. The molecule has 0 unspecified atom stereocenters. The monoisotopic (exact) mass is 311 g/mol. The maximum Gasteiger partial charge on any atom is 0.215 e. The molecule has 5 nitrogen and oxygen atoms in total. The standard InChI is InChI=1S/C14H18FN3O2S/c15-13-6-4-12(5-7-13)10-21(19,20)18-8-2-1-3-14-9-16-11-17-14/h4-7,9,11,18H,1-3,8,10H2,(H,16,17). The molecule has 0 aliphatic rings. The van der Waals surface area contributed by atoms with Crippen molar-refractivity contribution < 1.29 is 12.8 Å². The van der Waals surface area contributed by atoms with Crippen LogP contribution in [0.4, 0.5) is 4.39 Å². The first-order valence-corrected chi connectivity index (χ1v) is 8.39. The summed E-state index contributed by atoms with van der Waals surface area (Å²) < 4.78 is 39.0. The Morgan fingerprint density at radius 1 is 1.19 bits per heavy atom. The molecule has 1 aromatic heterocycles. The number of unbranched alkanes of at least 4 members (excludes halogenated alkanes) is 1. The van der Waals surface area contributed by atoms with Gasteiger partial charge in [-0.25, -0.2) is 22.5 Å². The molecule has 114 valence electrons. The molecule has 0 saturated carbocycles. The van der Waals surface area contributed by atoms with Crippen LogP contribution < -0.4 is 4.72 Å². The van der Waals surface area contributed by atoms with Crippen LogP contribution in [0.5, 0.6) is 0 Å². The highest BCUT2D eigenvalue weighted by molar-refractivity contribution is 7.88. The molecule has 2 N–H and O–H groups in total. The van der Waals surface area contributed by atoms with Crippen LogP contribution in [0.25, 0.3) is 0 Å². The van der Waals surface area contributed by atoms with Crippen molar-refractivity contribution in [1.82, 2.24) is 14.7 Å². The highest BCUT2D eigenvalue weighted by Crippen LogP contribution is 2.07. The first-order chi connectivity index (χ1) is 10.1. The maximum absolute atomic E-state index is 12.8. The Labute approximate surface area is 123 Å². The maximum atomic E-state index is 12.8. The zero-order chi connectivity index (χ0) is 15.1. The molecule has 0 spiro atoms. The van der Waals surface area contributed by atoms with E-state index in [1.807, 2.05) is 0 Å². The van der Waals surface area contributed by atoms with Crippen molar-refractivity contribution in [3.05, 3.63) is 53.9 Å². The van der Waals surface area contributed by atoms with Crippen molar-refractivity contribution in [2.45, 2.75) is 25.0 Å². The summed E-state index contributed by atoms with van der Waals surface area (Å²) in [5.74, 6) is -0.503. The van der Waals surface area contributed by atoms with Crippen LogP contribution in [0, 0.1) is 5.82 Å². The van der Waals surface area contributed by atoms with Gasteiger partial charge in [-0.3, -0.25) is 0 Å². The smallest absolute Gasteiger partial charge is 0.215 e. The lowest BCUT2D eigenvalue weighted by Crippen LogP contribution is -2.26. The number of hydrogen-bond acceptors (Lipinski definition) is 3. The first kappa shape index (κ1) is 15.7. The van der Waals surface area contributed by atoms with Crippen LogP contribution in [0.15, 0.2) is 36.8 Å². The van der Waals surface area contributed by atoms with E-state index in [9.17, 15) is 12.8 Å². The number of sulfonamides is 1. The number of H-pyrrole nitrogens is 1. The predicted octanol–water partition coefficient (Wildman–Crippen LogP) is 1.99. The number of aryl methyl sites for hydroxylation is 1. The van der Waals surface area contributed by atoms with E-state index in [0.717, 1.165) is 25.0 Å². The third kappa shape index (κ3) is 5.65. The van der Waals surface area contributed by atoms with E-state index in [2.05, 4.69) is 14.7 Å². The van der Waals surface area contributed by atoms with Crippen molar-refractivity contribution in [3.63, 3.8) is 0 Å². The molecule has 2 aromatic rings. The molecule has 0 saturated heterocycles. The summed E-state index contributed by atoms with van der Waals surface area (Å²) in [5, 5.41) is 0. The quantitative estimate of drug-likeness (QED) is 0.732. The van der Waals surface area contributed by atoms with Crippen LogP contribution in [-0.2, 0) is 22.2 Å². The van der Waals surface area contributed by atoms with Crippen molar-refractivity contribution in [2.24, 2.45) is 0 Å². The second-order valence-electron chi connectivity index (χ2n) is 4.81. The van der Waals surface area contributed by atoms with Gasteiger partial charge >= 0.3 is 0 Å². The number of hydrogen-bond donors (Lipinski definition) is 2. The van der Waals surface area contributed by atoms with Gasteiger partial charge in [-0.15, -0.1) is 0 Å². The number of benzene rings is 1. The normalized spacial score (nSPS) is 11.7. The second kappa shape index (κ2) is 7.33. The van der Waals surface area contributed by atoms with Gasteiger partial charge in [0.05, 0.1) is 12.1 Å². The second-order valence-corrected chi connectivity index (χ2v) is 6.62. The third-order valence-corrected chi connectivity index (χ3v) is 4.38. The first-order valence-electron chi connectivity index (χ1n) is 6.74. The van der Waals surface area contributed by atoms with Gasteiger partial charge in [-0.2, -0.15) is 0 Å². The van der Waals surface area contributed by atoms with Crippen LogP contribution in [0.3, 0.4) is 0 Å². The van der Waals surface area contributed by atoms with Crippen molar-refractivity contribution >= 4 is 10.0 Å². The molecule has 1 aromatic carbocycles. The Balaban J connectivity index is 1.70. The van der Waals surface area contributed by atoms with E-state index in [1.54, 1.807) is 12.5 Å². The minimum absolute atomic E-state index is 0.131. The largest absolute Gasteiger partial charge is 0.348 e. The van der Waals surface area contributed by atoms with Gasteiger partial charge in [0.15, 0.2) is 0 Å². The molecular formula is C14H18FN3O2S. The average Bonchev–Trinajstić information content (AvgIpc) is 2.94. The fourth-order valence-electron chi connectivity index (χ4n) is 1.94. The number of aromatic amines is 1. The average molecular weight is 311 g/mol. The van der Waals surface area contributed by atoms with Crippen LogP contribution in [0.2, 0.25) is 0 Å². The molecule has 2 rings (SSSR count). The van der Waals surface area contributed by atoms with E-state index >= 15 is 0 Å². The number of aromatic nitrogens is 2. The summed E-state index contributed by atoms with van der Waals surface area (Å²) in [5.41, 5.74) is 1.62. The number of nitrogens with zero attached hydrogens (tertiary/aromatic N) is 1. The Morgan fingerprint density at radius 3 is 2.62 bits per heavy atom. The van der Waals surface area contributed by atoms with Crippen molar-refractivity contribution in [2.75, 3.05) is 6.54 Å². The lowest BCUT2D eigenvalue weighted by atomic mass is 10.2. The highest BCUT2D eigenvalue weighted by Gasteiger charge is 2.10. The molecule has 0 fully saturated rings. The van der Waals surface area contributed by atoms with Crippen LogP contribution in [-0.4, -0.2) is 24.9 Å². The van der Waals surface area contributed by atoms with E-state index in [4.69, 9.17) is 0 Å². The summed E-state index contributed by atoms with van der Waals surface area (Å²) >= 11 is 0. The molecule has 1 heterocycles. The molecule has 0 atom stereocenters. The van der Waals surface area contributed by atoms with Crippen molar-refractivity contribution in [3.8, 4) is 0 Å². The number of nitrogens with one attached hydrogen (secondary N) is 2. The Kier molecular flexibility index (Phi) is 5.46. The van der Waals surface area contributed by atoms with E-state index in [1.165, 1.54) is 24.3 Å². The van der Waals surface area contributed by atoms with Crippen molar-refractivity contribution in [1.29, 1.82) is 0 Å². The molecule has 0 bridgehead atoms. The zero-order valence-electron chi connectivity index (χ0n) is 11.5. The summed E-state index contributed by atoms with van der Waals surface area (Å²) in [6.07, 6.45) is 5.86. The lowest BCUT2D eigenvalue weighted by Gasteiger charge is -2.06. The van der Waals surface area contributed by atoms with Gasteiger partial charge in [-0.05, 0) is 37.0 Å². The van der Waals surface area contributed by atoms with Gasteiger partial charge in [0.2, 0.25) is 10.0 Å². The number of rotatable bonds is 8. The number of imidazole rings is 1. The molecule has 21 heavy (non-hydrogen) atoms. The van der Waals surface area contributed by atoms with Gasteiger partial charge in [0, 0.05) is 18.4 Å². The van der Waals surface area contributed by atoms with Gasteiger partial charge in [0.1, 0.15) is 5.82 Å². The van der Waals surface area contributed by atoms with E-state index < -0.39 is 10.0 Å². The number of halogens is 1. The molecule has 0 amide bonds. The Bertz CT molecular complexity index is 639. The van der Waals surface area contributed by atoms with Crippen LogP contribution in [0.1, 0.15) is 24.1 Å². The van der Waals surface area contributed by atoms with Gasteiger partial charge in [-0.1, -0.05) is 12.1 Å². The van der Waals surface area contributed by atoms with Gasteiger partial charge in [0.25, 0.3) is 0 Å². The fourth-order valence-corrected chi connectivity index (χ4v) is 3.13. The summed E-state index contributed by atoms with van der Waals surface area (Å²) in [6, 6.07) is 5.48. The highest BCUT2D eigenvalue weighted by atomic mass is 32.2. The Morgan fingerprint density at radius 2 is 1.95 bits per heavy atom. The molecular weight excluding hydrogens is 293 g/mol. The minimum Gasteiger partial charge on any atom is -0.348 e.